The lowest BCUT2D eigenvalue weighted by atomic mass is 9.90. The Morgan fingerprint density at radius 3 is 2.00 bits per heavy atom. The smallest absolute Gasteiger partial charge is 0.151 e. The van der Waals surface area contributed by atoms with E-state index in [0.29, 0.717) is 0 Å². The topological polar surface area (TPSA) is 188 Å². The molecular weight excluding hydrogens is 292 g/mol. The van der Waals surface area contributed by atoms with Crippen molar-refractivity contribution < 1.29 is 50.4 Å². The van der Waals surface area contributed by atoms with Gasteiger partial charge < -0.3 is 50.4 Å². The molecule has 2 unspecified atom stereocenters. The summed E-state index contributed by atoms with van der Waals surface area (Å²) in [7, 11) is 0. The molecule has 1 saturated heterocycles. The van der Waals surface area contributed by atoms with Gasteiger partial charge in [-0.05, 0) is 0 Å². The fourth-order valence-electron chi connectivity index (χ4n) is 2.01. The molecule has 0 aromatic carbocycles. The second-order valence-corrected chi connectivity index (χ2v) is 4.94. The summed E-state index contributed by atoms with van der Waals surface area (Å²) >= 11 is 0. The van der Waals surface area contributed by atoms with E-state index in [0.717, 1.165) is 0 Å². The van der Waals surface area contributed by atoms with E-state index >= 15 is 0 Å². The normalized spacial score (nSPS) is 37.3. The maximum atomic E-state index is 10.3. The number of carbonyl (C=O) groups is 1. The summed E-state index contributed by atoms with van der Waals surface area (Å²) in [5.74, 6) is 0. The average molecular weight is 312 g/mol. The van der Waals surface area contributed by atoms with Gasteiger partial charge in [0.05, 0.1) is 6.61 Å². The van der Waals surface area contributed by atoms with Gasteiger partial charge in [0, 0.05) is 0 Å². The molecule has 10 heteroatoms. The minimum Gasteiger partial charge on any atom is -0.388 e. The molecule has 124 valence electrons. The zero-order chi connectivity index (χ0) is 16.3. The third-order valence-corrected chi connectivity index (χ3v) is 3.42. The fourth-order valence-corrected chi connectivity index (χ4v) is 2.01. The first-order valence-electron chi connectivity index (χ1n) is 6.23. The largest absolute Gasteiger partial charge is 0.388 e. The van der Waals surface area contributed by atoms with Crippen LogP contribution in [0.1, 0.15) is 0 Å². The molecule has 21 heavy (non-hydrogen) atoms. The van der Waals surface area contributed by atoms with Crippen LogP contribution < -0.4 is 0 Å². The Bertz CT molecular complexity index is 339. The molecule has 0 aromatic rings. The molecule has 0 aromatic heterocycles. The van der Waals surface area contributed by atoms with Crippen LogP contribution in [0.5, 0.6) is 0 Å². The third-order valence-electron chi connectivity index (χ3n) is 3.42. The molecule has 8 N–H and O–H groups in total. The van der Waals surface area contributed by atoms with Gasteiger partial charge in [-0.3, -0.25) is 0 Å². The van der Waals surface area contributed by atoms with Gasteiger partial charge >= 0.3 is 0 Å². The van der Waals surface area contributed by atoms with Crippen molar-refractivity contribution in [1.82, 2.24) is 0 Å². The van der Waals surface area contributed by atoms with Gasteiger partial charge in [0.25, 0.3) is 0 Å². The van der Waals surface area contributed by atoms with Crippen molar-refractivity contribution in [3.63, 3.8) is 0 Å². The lowest BCUT2D eigenvalue weighted by Crippen LogP contribution is -2.61. The minimum atomic E-state index is -2.11. The van der Waals surface area contributed by atoms with Crippen LogP contribution in [0.4, 0.5) is 0 Å². The molecule has 0 spiro atoms. The Morgan fingerprint density at radius 2 is 1.48 bits per heavy atom. The number of hydrogen-bond donors (Lipinski definition) is 8. The number of hydrogen-bond acceptors (Lipinski definition) is 10. The lowest BCUT2D eigenvalue weighted by Gasteiger charge is -2.39. The SMILES string of the molecule is O=C[C@H](O)[C@@H](O)[C@H](O)[C@H](O)C(O)C1OC[C@@H](O)[C@@H](O)[C@@H]1O. The predicted molar refractivity (Wildman–Crippen MR) is 63.9 cm³/mol. The summed E-state index contributed by atoms with van der Waals surface area (Å²) in [6, 6.07) is 0. The highest BCUT2D eigenvalue weighted by Gasteiger charge is 2.46. The molecule has 0 aliphatic carbocycles. The number of aliphatic hydroxyl groups excluding tert-OH is 8. The molecule has 1 fully saturated rings. The Morgan fingerprint density at radius 1 is 0.905 bits per heavy atom. The van der Waals surface area contributed by atoms with E-state index in [4.69, 9.17) is 9.84 Å². The van der Waals surface area contributed by atoms with Gasteiger partial charge in [-0.25, -0.2) is 0 Å². The molecular formula is C11H20O10. The van der Waals surface area contributed by atoms with Gasteiger partial charge in [0.15, 0.2) is 6.29 Å². The van der Waals surface area contributed by atoms with Gasteiger partial charge in [-0.1, -0.05) is 0 Å². The van der Waals surface area contributed by atoms with Crippen molar-refractivity contribution in [2.45, 2.75) is 54.9 Å². The third kappa shape index (κ3) is 3.94. The second-order valence-electron chi connectivity index (χ2n) is 4.94. The van der Waals surface area contributed by atoms with Gasteiger partial charge in [-0.2, -0.15) is 0 Å². The van der Waals surface area contributed by atoms with Crippen molar-refractivity contribution in [1.29, 1.82) is 0 Å². The van der Waals surface area contributed by atoms with E-state index < -0.39 is 61.5 Å². The molecule has 0 amide bonds. The summed E-state index contributed by atoms with van der Waals surface area (Å²) < 4.78 is 4.88. The number of aldehydes is 1. The quantitative estimate of drug-likeness (QED) is 0.220. The van der Waals surface area contributed by atoms with Crippen molar-refractivity contribution in [3.8, 4) is 0 Å². The van der Waals surface area contributed by atoms with Crippen LogP contribution in [0.15, 0.2) is 0 Å². The van der Waals surface area contributed by atoms with Crippen LogP contribution in [0.25, 0.3) is 0 Å². The molecule has 0 radical (unpaired) electrons. The predicted octanol–water partition coefficient (Wildman–Crippen LogP) is -5.53. The first kappa shape index (κ1) is 18.4. The lowest BCUT2D eigenvalue weighted by molar-refractivity contribution is -0.233. The highest BCUT2D eigenvalue weighted by molar-refractivity contribution is 5.56. The van der Waals surface area contributed by atoms with E-state index in [2.05, 4.69) is 0 Å². The molecule has 1 aliphatic rings. The number of aliphatic hydroxyl groups is 8. The van der Waals surface area contributed by atoms with Crippen LogP contribution >= 0.6 is 0 Å². The second kappa shape index (κ2) is 7.54. The van der Waals surface area contributed by atoms with Crippen LogP contribution in [-0.4, -0.2) is 109 Å². The molecule has 9 atom stereocenters. The molecule has 0 saturated carbocycles. The van der Waals surface area contributed by atoms with E-state index in [1.165, 1.54) is 0 Å². The zero-order valence-electron chi connectivity index (χ0n) is 10.9. The maximum absolute atomic E-state index is 10.3. The first-order valence-corrected chi connectivity index (χ1v) is 6.23. The summed E-state index contributed by atoms with van der Waals surface area (Å²) in [6.07, 6.45) is -16.6. The molecule has 1 heterocycles. The highest BCUT2D eigenvalue weighted by Crippen LogP contribution is 2.22. The van der Waals surface area contributed by atoms with E-state index in [1.807, 2.05) is 0 Å². The standard InChI is InChI=1S/C11H20O10/c12-1-3(13)5(15)7(17)8(18)10(20)11-9(19)6(16)4(14)2-21-11/h1,3-11,13-20H,2H2/t3-,4+,5+,6+,7-,8-,9-,10?,11?/m0/s1. The Kier molecular flexibility index (Phi) is 6.59. The summed E-state index contributed by atoms with van der Waals surface area (Å²) in [6.45, 7) is -0.428. The van der Waals surface area contributed by atoms with Gasteiger partial charge in [0.1, 0.15) is 54.9 Å². The zero-order valence-corrected chi connectivity index (χ0v) is 10.9. The van der Waals surface area contributed by atoms with Gasteiger partial charge in [0.2, 0.25) is 0 Å². The van der Waals surface area contributed by atoms with Gasteiger partial charge in [-0.15, -0.1) is 0 Å². The highest BCUT2D eigenvalue weighted by atomic mass is 16.5. The van der Waals surface area contributed by atoms with Crippen molar-refractivity contribution in [3.05, 3.63) is 0 Å². The number of rotatable bonds is 6. The summed E-state index contributed by atoms with van der Waals surface area (Å²) in [4.78, 5) is 10.3. The van der Waals surface area contributed by atoms with E-state index in [1.54, 1.807) is 0 Å². The summed E-state index contributed by atoms with van der Waals surface area (Å²) in [5, 5.41) is 75.8. The summed E-state index contributed by atoms with van der Waals surface area (Å²) in [5.41, 5.74) is 0. The number of carbonyl (C=O) groups excluding carboxylic acids is 1. The first-order chi connectivity index (χ1) is 9.72. The molecule has 0 bridgehead atoms. The Hall–Kier alpha value is -0.690. The Balaban J connectivity index is 2.73. The number of ether oxygens (including phenoxy) is 1. The molecule has 10 nitrogen and oxygen atoms in total. The fraction of sp³-hybridized carbons (Fsp3) is 0.909. The van der Waals surface area contributed by atoms with Crippen LogP contribution in [-0.2, 0) is 9.53 Å². The minimum absolute atomic E-state index is 0.0704. The average Bonchev–Trinajstić information content (AvgIpc) is 2.49. The van der Waals surface area contributed by atoms with Crippen LogP contribution in [0.3, 0.4) is 0 Å². The Labute approximate surface area is 119 Å². The van der Waals surface area contributed by atoms with Crippen LogP contribution in [0.2, 0.25) is 0 Å². The van der Waals surface area contributed by atoms with E-state index in [-0.39, 0.29) is 6.29 Å². The van der Waals surface area contributed by atoms with Crippen molar-refractivity contribution >= 4 is 6.29 Å². The molecule has 1 aliphatic heterocycles. The van der Waals surface area contributed by atoms with Crippen molar-refractivity contribution in [2.24, 2.45) is 0 Å². The maximum Gasteiger partial charge on any atom is 0.151 e. The van der Waals surface area contributed by atoms with E-state index in [9.17, 15) is 40.5 Å². The molecule has 1 rings (SSSR count). The monoisotopic (exact) mass is 312 g/mol. The van der Waals surface area contributed by atoms with Crippen molar-refractivity contribution in [2.75, 3.05) is 6.61 Å². The van der Waals surface area contributed by atoms with Crippen LogP contribution in [0, 0.1) is 0 Å².